The lowest BCUT2D eigenvalue weighted by atomic mass is 10.2. The topological polar surface area (TPSA) is 55.8 Å². The molecule has 0 unspecified atom stereocenters. The molecule has 0 saturated carbocycles. The van der Waals surface area contributed by atoms with Gasteiger partial charge < -0.3 is 14.6 Å². The lowest BCUT2D eigenvalue weighted by molar-refractivity contribution is -0.147. The Morgan fingerprint density at radius 2 is 2.21 bits per heavy atom. The molecule has 1 saturated heterocycles. The Kier molecular flexibility index (Phi) is 4.90. The van der Waals surface area contributed by atoms with Gasteiger partial charge in [0, 0.05) is 6.42 Å². The van der Waals surface area contributed by atoms with Crippen molar-refractivity contribution in [2.24, 2.45) is 0 Å². The van der Waals surface area contributed by atoms with Gasteiger partial charge >= 0.3 is 5.97 Å². The highest BCUT2D eigenvalue weighted by molar-refractivity contribution is 5.69. The molecule has 0 aliphatic carbocycles. The van der Waals surface area contributed by atoms with E-state index >= 15 is 0 Å². The van der Waals surface area contributed by atoms with Gasteiger partial charge in [0.2, 0.25) is 0 Å². The SMILES string of the molecule is CCCC(=O)OC[C@H]1CC[C@H](CO)O1. The third kappa shape index (κ3) is 3.64. The fourth-order valence-corrected chi connectivity index (χ4v) is 1.50. The first-order chi connectivity index (χ1) is 6.76. The lowest BCUT2D eigenvalue weighted by Crippen LogP contribution is -2.20. The largest absolute Gasteiger partial charge is 0.463 e. The second kappa shape index (κ2) is 5.98. The Labute approximate surface area is 84.2 Å². The van der Waals surface area contributed by atoms with Crippen molar-refractivity contribution in [1.82, 2.24) is 0 Å². The number of ether oxygens (including phenoxy) is 2. The summed E-state index contributed by atoms with van der Waals surface area (Å²) in [6.45, 7) is 2.32. The molecule has 0 radical (unpaired) electrons. The average molecular weight is 202 g/mol. The normalized spacial score (nSPS) is 26.4. The van der Waals surface area contributed by atoms with Crippen molar-refractivity contribution in [2.45, 2.75) is 44.8 Å². The molecule has 0 amide bonds. The van der Waals surface area contributed by atoms with Crippen LogP contribution >= 0.6 is 0 Å². The van der Waals surface area contributed by atoms with Crippen LogP contribution in [0.15, 0.2) is 0 Å². The van der Waals surface area contributed by atoms with Crippen LogP contribution in [-0.2, 0) is 14.3 Å². The molecule has 2 atom stereocenters. The Morgan fingerprint density at radius 3 is 2.79 bits per heavy atom. The molecule has 1 aliphatic heterocycles. The molecule has 14 heavy (non-hydrogen) atoms. The Bertz CT molecular complexity index is 181. The van der Waals surface area contributed by atoms with Crippen molar-refractivity contribution < 1.29 is 19.4 Å². The molecule has 4 heteroatoms. The van der Waals surface area contributed by atoms with E-state index in [-0.39, 0.29) is 24.8 Å². The first-order valence-electron chi connectivity index (χ1n) is 5.18. The third-order valence-corrected chi connectivity index (χ3v) is 2.28. The number of rotatable bonds is 5. The molecule has 0 aromatic heterocycles. The molecule has 1 N–H and O–H groups in total. The maximum absolute atomic E-state index is 11.0. The average Bonchev–Trinajstić information content (AvgIpc) is 2.63. The molecule has 1 aliphatic rings. The highest BCUT2D eigenvalue weighted by Gasteiger charge is 2.25. The number of carbonyl (C=O) groups is 1. The molecule has 1 rings (SSSR count). The molecule has 4 nitrogen and oxygen atoms in total. The maximum Gasteiger partial charge on any atom is 0.305 e. The van der Waals surface area contributed by atoms with Crippen LogP contribution in [0.3, 0.4) is 0 Å². The van der Waals surface area contributed by atoms with E-state index in [4.69, 9.17) is 14.6 Å². The van der Waals surface area contributed by atoms with Gasteiger partial charge in [-0.3, -0.25) is 4.79 Å². The number of esters is 1. The van der Waals surface area contributed by atoms with Gasteiger partial charge in [0.15, 0.2) is 0 Å². The summed E-state index contributed by atoms with van der Waals surface area (Å²) in [5.74, 6) is -0.163. The molecule has 0 bridgehead atoms. The Balaban J connectivity index is 2.11. The predicted molar refractivity (Wildman–Crippen MR) is 50.8 cm³/mol. The summed E-state index contributed by atoms with van der Waals surface area (Å²) in [6, 6.07) is 0. The summed E-state index contributed by atoms with van der Waals surface area (Å²) in [4.78, 5) is 11.0. The second-order valence-electron chi connectivity index (χ2n) is 3.57. The zero-order valence-electron chi connectivity index (χ0n) is 8.57. The lowest BCUT2D eigenvalue weighted by Gasteiger charge is -2.12. The molecular weight excluding hydrogens is 184 g/mol. The minimum absolute atomic E-state index is 0.0204. The van der Waals surface area contributed by atoms with Crippen molar-refractivity contribution in [1.29, 1.82) is 0 Å². The van der Waals surface area contributed by atoms with E-state index in [1.54, 1.807) is 0 Å². The summed E-state index contributed by atoms with van der Waals surface area (Å²) < 4.78 is 10.4. The van der Waals surface area contributed by atoms with Crippen LogP contribution < -0.4 is 0 Å². The van der Waals surface area contributed by atoms with Crippen LogP contribution in [0.1, 0.15) is 32.6 Å². The molecule has 82 valence electrons. The van der Waals surface area contributed by atoms with Gasteiger partial charge in [0.05, 0.1) is 18.8 Å². The van der Waals surface area contributed by atoms with Gasteiger partial charge in [0.1, 0.15) is 6.61 Å². The monoisotopic (exact) mass is 202 g/mol. The fourth-order valence-electron chi connectivity index (χ4n) is 1.50. The molecule has 1 heterocycles. The third-order valence-electron chi connectivity index (χ3n) is 2.28. The van der Waals surface area contributed by atoms with Crippen molar-refractivity contribution in [2.75, 3.05) is 13.2 Å². The fraction of sp³-hybridized carbons (Fsp3) is 0.900. The minimum atomic E-state index is -0.163. The first kappa shape index (κ1) is 11.5. The van der Waals surface area contributed by atoms with Crippen LogP contribution in [-0.4, -0.2) is 36.5 Å². The number of carbonyl (C=O) groups excluding carboxylic acids is 1. The highest BCUT2D eigenvalue weighted by Crippen LogP contribution is 2.19. The summed E-state index contributed by atoms with van der Waals surface area (Å²) in [5.41, 5.74) is 0. The maximum atomic E-state index is 11.0. The van der Waals surface area contributed by atoms with E-state index in [9.17, 15) is 4.79 Å². The van der Waals surface area contributed by atoms with Gasteiger partial charge in [-0.15, -0.1) is 0 Å². The minimum Gasteiger partial charge on any atom is -0.463 e. The zero-order valence-corrected chi connectivity index (χ0v) is 8.57. The Morgan fingerprint density at radius 1 is 1.50 bits per heavy atom. The van der Waals surface area contributed by atoms with Gasteiger partial charge in [0.25, 0.3) is 0 Å². The van der Waals surface area contributed by atoms with E-state index in [0.29, 0.717) is 13.0 Å². The quantitative estimate of drug-likeness (QED) is 0.672. The number of hydrogen-bond acceptors (Lipinski definition) is 4. The van der Waals surface area contributed by atoms with E-state index in [2.05, 4.69) is 0 Å². The van der Waals surface area contributed by atoms with E-state index in [1.807, 2.05) is 6.92 Å². The number of aliphatic hydroxyl groups is 1. The van der Waals surface area contributed by atoms with Crippen LogP contribution in [0.2, 0.25) is 0 Å². The first-order valence-corrected chi connectivity index (χ1v) is 5.18. The van der Waals surface area contributed by atoms with Crippen LogP contribution in [0.4, 0.5) is 0 Å². The Hall–Kier alpha value is -0.610. The van der Waals surface area contributed by atoms with Crippen molar-refractivity contribution in [3.8, 4) is 0 Å². The van der Waals surface area contributed by atoms with E-state index < -0.39 is 0 Å². The zero-order chi connectivity index (χ0) is 10.4. The van der Waals surface area contributed by atoms with Crippen molar-refractivity contribution in [3.63, 3.8) is 0 Å². The summed E-state index contributed by atoms with van der Waals surface area (Å²) >= 11 is 0. The number of hydrogen-bond donors (Lipinski definition) is 1. The standard InChI is InChI=1S/C10H18O4/c1-2-3-10(12)13-7-9-5-4-8(6-11)14-9/h8-9,11H,2-7H2,1H3/t8-,9-/m1/s1. The molecule has 0 aromatic rings. The summed E-state index contributed by atoms with van der Waals surface area (Å²) in [7, 11) is 0. The molecular formula is C10H18O4. The van der Waals surface area contributed by atoms with Crippen LogP contribution in [0.25, 0.3) is 0 Å². The van der Waals surface area contributed by atoms with Crippen LogP contribution in [0.5, 0.6) is 0 Å². The summed E-state index contributed by atoms with van der Waals surface area (Å²) in [5, 5.41) is 8.81. The molecule has 0 aromatic carbocycles. The van der Waals surface area contributed by atoms with Crippen molar-refractivity contribution in [3.05, 3.63) is 0 Å². The van der Waals surface area contributed by atoms with Gasteiger partial charge in [-0.2, -0.15) is 0 Å². The van der Waals surface area contributed by atoms with Gasteiger partial charge in [-0.1, -0.05) is 6.92 Å². The smallest absolute Gasteiger partial charge is 0.305 e. The second-order valence-corrected chi connectivity index (χ2v) is 3.57. The molecule has 1 fully saturated rings. The predicted octanol–water partition coefficient (Wildman–Crippen LogP) is 0.870. The van der Waals surface area contributed by atoms with Gasteiger partial charge in [-0.05, 0) is 19.3 Å². The van der Waals surface area contributed by atoms with Crippen LogP contribution in [0, 0.1) is 0 Å². The van der Waals surface area contributed by atoms with Crippen molar-refractivity contribution >= 4 is 5.97 Å². The summed E-state index contributed by atoms with van der Waals surface area (Å²) in [6.07, 6.45) is 2.91. The number of aliphatic hydroxyl groups excluding tert-OH is 1. The highest BCUT2D eigenvalue weighted by atomic mass is 16.6. The van der Waals surface area contributed by atoms with E-state index in [0.717, 1.165) is 19.3 Å². The molecule has 0 spiro atoms. The van der Waals surface area contributed by atoms with E-state index in [1.165, 1.54) is 0 Å². The van der Waals surface area contributed by atoms with Gasteiger partial charge in [-0.25, -0.2) is 0 Å².